The van der Waals surface area contributed by atoms with E-state index in [1.807, 2.05) is 18.2 Å². The van der Waals surface area contributed by atoms with Gasteiger partial charge in [-0.3, -0.25) is 14.0 Å². The Kier molecular flexibility index (Phi) is 4.16. The number of hydrogen-bond donors (Lipinski definition) is 0. The van der Waals surface area contributed by atoms with Crippen LogP contribution in [0.3, 0.4) is 0 Å². The van der Waals surface area contributed by atoms with Crippen molar-refractivity contribution in [2.45, 2.75) is 12.8 Å². The number of methoxy groups -OCH3 is 1. The highest BCUT2D eigenvalue weighted by molar-refractivity contribution is 5.93. The summed E-state index contributed by atoms with van der Waals surface area (Å²) in [5, 5.41) is 0. The second kappa shape index (κ2) is 6.63. The van der Waals surface area contributed by atoms with Crippen LogP contribution in [0.5, 0.6) is 5.75 Å². The predicted molar refractivity (Wildman–Crippen MR) is 97.8 cm³/mol. The highest BCUT2D eigenvalue weighted by Gasteiger charge is 2.23. The van der Waals surface area contributed by atoms with Crippen molar-refractivity contribution >= 4 is 11.6 Å². The normalized spacial score (nSPS) is 14.0. The van der Waals surface area contributed by atoms with E-state index >= 15 is 0 Å². The first-order valence-corrected chi connectivity index (χ1v) is 8.59. The number of rotatable bonds is 2. The summed E-state index contributed by atoms with van der Waals surface area (Å²) in [5.41, 5.74) is 2.72. The van der Waals surface area contributed by atoms with Gasteiger partial charge in [0, 0.05) is 25.5 Å². The van der Waals surface area contributed by atoms with Gasteiger partial charge in [0.05, 0.1) is 7.11 Å². The molecule has 3 aromatic rings. The van der Waals surface area contributed by atoms with Gasteiger partial charge in [-0.1, -0.05) is 12.1 Å². The van der Waals surface area contributed by atoms with Crippen molar-refractivity contribution in [1.82, 2.24) is 14.3 Å². The van der Waals surface area contributed by atoms with Crippen LogP contribution in [-0.4, -0.2) is 40.4 Å². The smallest absolute Gasteiger partial charge is 0.270 e. The molecule has 0 atom stereocenters. The SMILES string of the molecule is COc1ccc2c(c1)CCN(C(=O)c1cnc3ccccn3c1=O)CC2. The maximum absolute atomic E-state index is 12.9. The third kappa shape index (κ3) is 2.83. The van der Waals surface area contributed by atoms with E-state index in [2.05, 4.69) is 11.1 Å². The molecule has 0 saturated carbocycles. The van der Waals surface area contributed by atoms with Gasteiger partial charge in [0.15, 0.2) is 0 Å². The van der Waals surface area contributed by atoms with Crippen molar-refractivity contribution in [1.29, 1.82) is 0 Å². The number of amides is 1. The van der Waals surface area contributed by atoms with E-state index in [-0.39, 0.29) is 17.0 Å². The fourth-order valence-corrected chi connectivity index (χ4v) is 3.38. The molecule has 2 aromatic heterocycles. The van der Waals surface area contributed by atoms with E-state index in [9.17, 15) is 9.59 Å². The monoisotopic (exact) mass is 349 g/mol. The van der Waals surface area contributed by atoms with Gasteiger partial charge in [0.1, 0.15) is 17.0 Å². The van der Waals surface area contributed by atoms with E-state index in [0.717, 1.165) is 18.6 Å². The molecular weight excluding hydrogens is 330 g/mol. The molecule has 1 aliphatic rings. The Labute approximate surface area is 150 Å². The van der Waals surface area contributed by atoms with Gasteiger partial charge >= 0.3 is 0 Å². The van der Waals surface area contributed by atoms with Crippen LogP contribution < -0.4 is 10.3 Å². The summed E-state index contributed by atoms with van der Waals surface area (Å²) >= 11 is 0. The van der Waals surface area contributed by atoms with E-state index in [1.165, 1.54) is 21.7 Å². The average molecular weight is 349 g/mol. The molecule has 0 bridgehead atoms. The molecule has 132 valence electrons. The lowest BCUT2D eigenvalue weighted by molar-refractivity contribution is 0.0760. The second-order valence-corrected chi connectivity index (χ2v) is 6.33. The second-order valence-electron chi connectivity index (χ2n) is 6.33. The zero-order chi connectivity index (χ0) is 18.1. The van der Waals surface area contributed by atoms with Crippen molar-refractivity contribution in [3.05, 3.63) is 75.8 Å². The van der Waals surface area contributed by atoms with Crippen LogP contribution in [0.15, 0.2) is 53.6 Å². The first kappa shape index (κ1) is 16.3. The Bertz CT molecular complexity index is 1040. The first-order chi connectivity index (χ1) is 12.7. The summed E-state index contributed by atoms with van der Waals surface area (Å²) in [6.45, 7) is 1.14. The number of ether oxygens (including phenoxy) is 1. The molecule has 6 nitrogen and oxygen atoms in total. The quantitative estimate of drug-likeness (QED) is 0.709. The van der Waals surface area contributed by atoms with Crippen LogP contribution in [0.2, 0.25) is 0 Å². The highest BCUT2D eigenvalue weighted by atomic mass is 16.5. The summed E-state index contributed by atoms with van der Waals surface area (Å²) in [7, 11) is 1.65. The van der Waals surface area contributed by atoms with E-state index in [0.29, 0.717) is 18.7 Å². The molecule has 0 N–H and O–H groups in total. The molecule has 0 spiro atoms. The predicted octanol–water partition coefficient (Wildman–Crippen LogP) is 1.94. The number of hydrogen-bond acceptors (Lipinski definition) is 4. The first-order valence-electron chi connectivity index (χ1n) is 8.59. The minimum absolute atomic E-state index is 0.109. The summed E-state index contributed by atoms with van der Waals surface area (Å²) < 4.78 is 6.70. The van der Waals surface area contributed by atoms with Crippen LogP contribution in [0.4, 0.5) is 0 Å². The van der Waals surface area contributed by atoms with Gasteiger partial charge in [0.25, 0.3) is 11.5 Å². The maximum atomic E-state index is 12.9. The Balaban J connectivity index is 1.62. The maximum Gasteiger partial charge on any atom is 0.270 e. The Morgan fingerprint density at radius 2 is 1.92 bits per heavy atom. The van der Waals surface area contributed by atoms with Crippen LogP contribution in [0.25, 0.3) is 5.65 Å². The van der Waals surface area contributed by atoms with E-state index in [4.69, 9.17) is 4.74 Å². The lowest BCUT2D eigenvalue weighted by Gasteiger charge is -2.19. The number of carbonyl (C=O) groups is 1. The Hall–Kier alpha value is -3.15. The van der Waals surface area contributed by atoms with Crippen molar-refractivity contribution in [3.63, 3.8) is 0 Å². The molecule has 26 heavy (non-hydrogen) atoms. The molecular formula is C20H19N3O3. The molecule has 0 fully saturated rings. The lowest BCUT2D eigenvalue weighted by Crippen LogP contribution is -2.37. The molecule has 1 aromatic carbocycles. The van der Waals surface area contributed by atoms with Gasteiger partial charge in [-0.2, -0.15) is 0 Å². The summed E-state index contributed by atoms with van der Waals surface area (Å²) in [6, 6.07) is 11.3. The zero-order valence-corrected chi connectivity index (χ0v) is 14.5. The van der Waals surface area contributed by atoms with Crippen molar-refractivity contribution in [2.75, 3.05) is 20.2 Å². The van der Waals surface area contributed by atoms with Crippen LogP contribution in [0.1, 0.15) is 21.5 Å². The van der Waals surface area contributed by atoms with Gasteiger partial charge in [-0.15, -0.1) is 0 Å². The lowest BCUT2D eigenvalue weighted by atomic mass is 10.0. The third-order valence-corrected chi connectivity index (χ3v) is 4.85. The van der Waals surface area contributed by atoms with Gasteiger partial charge in [0.2, 0.25) is 0 Å². The largest absolute Gasteiger partial charge is 0.497 e. The van der Waals surface area contributed by atoms with Gasteiger partial charge in [-0.05, 0) is 48.2 Å². The Morgan fingerprint density at radius 3 is 2.73 bits per heavy atom. The third-order valence-electron chi connectivity index (χ3n) is 4.85. The molecule has 0 radical (unpaired) electrons. The van der Waals surface area contributed by atoms with Gasteiger partial charge < -0.3 is 9.64 Å². The van der Waals surface area contributed by atoms with E-state index in [1.54, 1.807) is 30.3 Å². The number of pyridine rings is 1. The van der Waals surface area contributed by atoms with E-state index < -0.39 is 0 Å². The Morgan fingerprint density at radius 1 is 1.12 bits per heavy atom. The van der Waals surface area contributed by atoms with Gasteiger partial charge in [-0.25, -0.2) is 4.98 Å². The number of carbonyl (C=O) groups excluding carboxylic acids is 1. The van der Waals surface area contributed by atoms with Crippen LogP contribution >= 0.6 is 0 Å². The minimum Gasteiger partial charge on any atom is -0.497 e. The average Bonchev–Trinajstić information content (AvgIpc) is 2.90. The minimum atomic E-state index is -0.330. The number of nitrogens with zero attached hydrogens (tertiary/aromatic N) is 3. The number of benzene rings is 1. The molecule has 3 heterocycles. The molecule has 0 aliphatic carbocycles. The topological polar surface area (TPSA) is 63.9 Å². The molecule has 0 unspecified atom stereocenters. The fourth-order valence-electron chi connectivity index (χ4n) is 3.38. The number of fused-ring (bicyclic) bond motifs is 2. The summed E-state index contributed by atoms with van der Waals surface area (Å²) in [4.78, 5) is 31.6. The molecule has 4 rings (SSSR count). The molecule has 1 amide bonds. The van der Waals surface area contributed by atoms with Crippen LogP contribution in [0, 0.1) is 0 Å². The highest BCUT2D eigenvalue weighted by Crippen LogP contribution is 2.22. The van der Waals surface area contributed by atoms with Crippen molar-refractivity contribution in [2.24, 2.45) is 0 Å². The molecule has 6 heteroatoms. The van der Waals surface area contributed by atoms with Crippen molar-refractivity contribution in [3.8, 4) is 5.75 Å². The molecule has 0 saturated heterocycles. The number of aromatic nitrogens is 2. The summed E-state index contributed by atoms with van der Waals surface area (Å²) in [5.74, 6) is 0.557. The fraction of sp³-hybridized carbons (Fsp3) is 0.250. The van der Waals surface area contributed by atoms with Crippen molar-refractivity contribution < 1.29 is 9.53 Å². The summed E-state index contributed by atoms with van der Waals surface area (Å²) in [6.07, 6.45) is 4.51. The van der Waals surface area contributed by atoms with Crippen LogP contribution in [-0.2, 0) is 12.8 Å². The standard InChI is InChI=1S/C20H19N3O3/c1-26-16-6-5-14-7-10-22(11-8-15(14)12-16)19(24)17-13-21-18-4-2-3-9-23(18)20(17)25/h2-6,9,12-13H,7-8,10-11H2,1H3. The zero-order valence-electron chi connectivity index (χ0n) is 14.5. The molecule has 1 aliphatic heterocycles.